The summed E-state index contributed by atoms with van der Waals surface area (Å²) >= 11 is 0. The number of furan rings is 1. The average Bonchev–Trinajstić information content (AvgIpc) is 2.74. The number of sulfonamides is 1. The number of hydrogen-bond donors (Lipinski definition) is 2. The Labute approximate surface area is 109 Å². The van der Waals surface area contributed by atoms with Gasteiger partial charge in [0.25, 0.3) is 10.0 Å². The van der Waals surface area contributed by atoms with Crippen LogP contribution in [0.5, 0.6) is 0 Å². The summed E-state index contributed by atoms with van der Waals surface area (Å²) in [6.07, 6.45) is 0. The van der Waals surface area contributed by atoms with Crippen LogP contribution in [0, 0.1) is 0 Å². The summed E-state index contributed by atoms with van der Waals surface area (Å²) < 4.78 is 29.9. The number of carbonyl (C=O) groups excluding carboxylic acids is 1. The van der Waals surface area contributed by atoms with E-state index in [0.717, 1.165) is 16.4 Å². The van der Waals surface area contributed by atoms with Crippen LogP contribution >= 0.6 is 0 Å². The van der Waals surface area contributed by atoms with Crippen molar-refractivity contribution in [1.29, 1.82) is 0 Å². The van der Waals surface area contributed by atoms with E-state index in [1.807, 2.05) is 0 Å². The van der Waals surface area contributed by atoms with Crippen LogP contribution in [0.3, 0.4) is 0 Å². The molecule has 1 rings (SSSR count). The number of primary amides is 1. The molecule has 0 bridgehead atoms. The van der Waals surface area contributed by atoms with Crippen LogP contribution in [0.1, 0.15) is 24.4 Å². The Morgan fingerprint density at radius 3 is 2.37 bits per heavy atom. The van der Waals surface area contributed by atoms with Gasteiger partial charge < -0.3 is 15.3 Å². The van der Waals surface area contributed by atoms with Gasteiger partial charge in [-0.3, -0.25) is 4.79 Å². The van der Waals surface area contributed by atoms with E-state index >= 15 is 0 Å². The number of hydrogen-bond acceptors (Lipinski definition) is 5. The molecule has 0 aromatic carbocycles. The Morgan fingerprint density at radius 2 is 2.00 bits per heavy atom. The van der Waals surface area contributed by atoms with Gasteiger partial charge in [-0.15, -0.1) is 0 Å². The summed E-state index contributed by atoms with van der Waals surface area (Å²) in [4.78, 5) is 21.5. The predicted octanol–water partition coefficient (Wildman–Crippen LogP) is -0.138. The lowest BCUT2D eigenvalue weighted by atomic mass is 10.4. The van der Waals surface area contributed by atoms with Gasteiger partial charge in [0.15, 0.2) is 0 Å². The molecule has 19 heavy (non-hydrogen) atoms. The van der Waals surface area contributed by atoms with Crippen molar-refractivity contribution in [1.82, 2.24) is 4.31 Å². The van der Waals surface area contributed by atoms with Gasteiger partial charge in [-0.2, -0.15) is 4.31 Å². The minimum absolute atomic E-state index is 0.499. The Kier molecular flexibility index (Phi) is 4.32. The van der Waals surface area contributed by atoms with Crippen LogP contribution in [0.15, 0.2) is 21.6 Å². The lowest BCUT2D eigenvalue weighted by Crippen LogP contribution is -2.42. The smallest absolute Gasteiger partial charge is 0.371 e. The van der Waals surface area contributed by atoms with Gasteiger partial charge in [0.2, 0.25) is 16.8 Å². The number of nitrogens with two attached hydrogens (primary N) is 1. The molecule has 0 aliphatic rings. The molecule has 0 saturated heterocycles. The van der Waals surface area contributed by atoms with Crippen LogP contribution in [0.4, 0.5) is 0 Å². The Morgan fingerprint density at radius 1 is 1.42 bits per heavy atom. The third kappa shape index (κ3) is 3.32. The van der Waals surface area contributed by atoms with E-state index in [-0.39, 0.29) is 0 Å². The second-order valence-electron chi connectivity index (χ2n) is 4.03. The van der Waals surface area contributed by atoms with Gasteiger partial charge in [-0.05, 0) is 26.0 Å². The van der Waals surface area contributed by atoms with Crippen molar-refractivity contribution in [3.63, 3.8) is 0 Å². The maximum absolute atomic E-state index is 12.2. The fraction of sp³-hybridized carbons (Fsp3) is 0.400. The maximum atomic E-state index is 12.2. The summed E-state index contributed by atoms with van der Waals surface area (Å²) in [6.45, 7) is 2.60. The molecule has 0 atom stereocenters. The average molecular weight is 290 g/mol. The normalized spacial score (nSPS) is 12.0. The van der Waals surface area contributed by atoms with E-state index in [4.69, 9.17) is 15.3 Å². The van der Waals surface area contributed by atoms with Gasteiger partial charge in [0.05, 0.1) is 6.54 Å². The zero-order chi connectivity index (χ0) is 14.8. The second-order valence-corrected chi connectivity index (χ2v) is 5.86. The standard InChI is InChI=1S/C10H14N2O6S/c1-6(2)12(5-8(11)13)19(16,17)9-4-3-7(18-9)10(14)15/h3-4,6H,5H2,1-2H3,(H2,11,13)(H,14,15). The number of carboxylic acids is 1. The first-order valence-corrected chi connectivity index (χ1v) is 6.73. The highest BCUT2D eigenvalue weighted by Crippen LogP contribution is 2.20. The van der Waals surface area contributed by atoms with Crippen LogP contribution in [0.2, 0.25) is 0 Å². The molecular weight excluding hydrogens is 276 g/mol. The molecule has 0 unspecified atom stereocenters. The van der Waals surface area contributed by atoms with Crippen LogP contribution in [-0.2, 0) is 14.8 Å². The number of rotatable bonds is 6. The lowest BCUT2D eigenvalue weighted by Gasteiger charge is -2.22. The molecule has 1 heterocycles. The van der Waals surface area contributed by atoms with Crippen LogP contribution < -0.4 is 5.73 Å². The highest BCUT2D eigenvalue weighted by molar-refractivity contribution is 7.89. The number of carboxylic acid groups (broad SMARTS) is 1. The molecule has 1 aromatic rings. The topological polar surface area (TPSA) is 131 Å². The number of carbonyl (C=O) groups is 2. The molecular formula is C10H14N2O6S. The van der Waals surface area contributed by atoms with Crippen molar-refractivity contribution < 1.29 is 27.5 Å². The molecule has 0 aliphatic heterocycles. The van der Waals surface area contributed by atoms with Gasteiger partial charge in [-0.25, -0.2) is 13.2 Å². The zero-order valence-corrected chi connectivity index (χ0v) is 11.2. The molecule has 106 valence electrons. The van der Waals surface area contributed by atoms with Crippen molar-refractivity contribution in [3.05, 3.63) is 17.9 Å². The molecule has 3 N–H and O–H groups in total. The first kappa shape index (κ1) is 15.2. The first-order chi connectivity index (χ1) is 8.66. The summed E-state index contributed by atoms with van der Waals surface area (Å²) in [5.74, 6) is -2.70. The third-order valence-corrected chi connectivity index (χ3v) is 4.14. The largest absolute Gasteiger partial charge is 0.475 e. The zero-order valence-electron chi connectivity index (χ0n) is 10.4. The van der Waals surface area contributed by atoms with Crippen molar-refractivity contribution in [2.75, 3.05) is 6.54 Å². The van der Waals surface area contributed by atoms with E-state index in [1.54, 1.807) is 13.8 Å². The molecule has 0 saturated carbocycles. The minimum Gasteiger partial charge on any atom is -0.475 e. The van der Waals surface area contributed by atoms with E-state index in [1.165, 1.54) is 0 Å². The fourth-order valence-electron chi connectivity index (χ4n) is 1.39. The Hall–Kier alpha value is -1.87. The van der Waals surface area contributed by atoms with Crippen molar-refractivity contribution in [2.24, 2.45) is 5.73 Å². The highest BCUT2D eigenvalue weighted by Gasteiger charge is 2.31. The van der Waals surface area contributed by atoms with Gasteiger partial charge >= 0.3 is 5.97 Å². The van der Waals surface area contributed by atoms with Crippen molar-refractivity contribution in [3.8, 4) is 0 Å². The van der Waals surface area contributed by atoms with Crippen molar-refractivity contribution >= 4 is 21.9 Å². The molecule has 0 fully saturated rings. The van der Waals surface area contributed by atoms with Gasteiger partial charge in [-0.1, -0.05) is 0 Å². The SMILES string of the molecule is CC(C)N(CC(N)=O)S(=O)(=O)c1ccc(C(=O)O)o1. The summed E-state index contributed by atoms with van der Waals surface area (Å²) in [5.41, 5.74) is 4.99. The lowest BCUT2D eigenvalue weighted by molar-refractivity contribution is -0.118. The third-order valence-electron chi connectivity index (χ3n) is 2.24. The van der Waals surface area contributed by atoms with Gasteiger partial charge in [0, 0.05) is 6.04 Å². The van der Waals surface area contributed by atoms with Crippen LogP contribution in [-0.4, -0.2) is 42.3 Å². The number of aromatic carboxylic acids is 1. The molecule has 9 heteroatoms. The van der Waals surface area contributed by atoms with E-state index in [9.17, 15) is 18.0 Å². The van der Waals surface area contributed by atoms with Crippen molar-refractivity contribution in [2.45, 2.75) is 25.0 Å². The minimum atomic E-state index is -4.11. The molecule has 8 nitrogen and oxygen atoms in total. The number of nitrogens with zero attached hydrogens (tertiary/aromatic N) is 1. The molecule has 1 aromatic heterocycles. The highest BCUT2D eigenvalue weighted by atomic mass is 32.2. The monoisotopic (exact) mass is 290 g/mol. The fourth-order valence-corrected chi connectivity index (χ4v) is 2.91. The van der Waals surface area contributed by atoms with Crippen LogP contribution in [0.25, 0.3) is 0 Å². The number of amides is 1. The summed E-state index contributed by atoms with van der Waals surface area (Å²) in [7, 11) is -4.11. The molecule has 0 aliphatic carbocycles. The summed E-state index contributed by atoms with van der Waals surface area (Å²) in [6, 6.07) is 1.52. The van der Waals surface area contributed by atoms with E-state index < -0.39 is 45.3 Å². The molecule has 0 spiro atoms. The quantitative estimate of drug-likeness (QED) is 0.749. The van der Waals surface area contributed by atoms with E-state index in [2.05, 4.69) is 0 Å². The molecule has 1 amide bonds. The first-order valence-electron chi connectivity index (χ1n) is 5.29. The maximum Gasteiger partial charge on any atom is 0.371 e. The van der Waals surface area contributed by atoms with Gasteiger partial charge in [0.1, 0.15) is 0 Å². The summed E-state index contributed by atoms with van der Waals surface area (Å²) in [5, 5.41) is 8.14. The van der Waals surface area contributed by atoms with E-state index in [0.29, 0.717) is 0 Å². The molecule has 0 radical (unpaired) electrons. The predicted molar refractivity (Wildman–Crippen MR) is 63.9 cm³/mol. The Bertz CT molecular complexity index is 589. The second kappa shape index (κ2) is 5.41. The Balaban J connectivity index is 3.18.